The number of fused-ring (bicyclic) bond motifs is 1. The van der Waals surface area contributed by atoms with Crippen molar-refractivity contribution in [2.75, 3.05) is 0 Å². The first-order valence-corrected chi connectivity index (χ1v) is 7.19. The molecular formula is C12H18N4OS. The maximum absolute atomic E-state index is 11.2. The van der Waals surface area contributed by atoms with E-state index < -0.39 is 11.0 Å². The van der Waals surface area contributed by atoms with Crippen molar-refractivity contribution >= 4 is 21.9 Å². The van der Waals surface area contributed by atoms with Crippen LogP contribution >= 0.6 is 0 Å². The summed E-state index contributed by atoms with van der Waals surface area (Å²) in [5, 5.41) is 10.6. The molecule has 0 amide bonds. The summed E-state index contributed by atoms with van der Waals surface area (Å²) >= 11 is 0. The molecule has 0 radical (unpaired) electrons. The lowest BCUT2D eigenvalue weighted by Gasteiger charge is -2.14. The summed E-state index contributed by atoms with van der Waals surface area (Å²) in [6.07, 6.45) is 4.43. The van der Waals surface area contributed by atoms with Gasteiger partial charge in [-0.25, -0.2) is 4.21 Å². The minimum atomic E-state index is -1.27. The van der Waals surface area contributed by atoms with Gasteiger partial charge in [0.05, 0.1) is 28.9 Å². The molecule has 3 atom stereocenters. The average Bonchev–Trinajstić information content (AvgIpc) is 2.70. The van der Waals surface area contributed by atoms with Gasteiger partial charge in [-0.15, -0.1) is 0 Å². The number of rotatable bonds is 4. The minimum absolute atomic E-state index is 0.0219. The van der Waals surface area contributed by atoms with Crippen molar-refractivity contribution in [1.82, 2.24) is 14.8 Å². The highest BCUT2D eigenvalue weighted by Crippen LogP contribution is 2.23. The number of pyridine rings is 1. The quantitative estimate of drug-likeness (QED) is 0.910. The first-order chi connectivity index (χ1) is 8.49. The zero-order chi connectivity index (χ0) is 13.3. The molecule has 2 unspecified atom stereocenters. The minimum Gasteiger partial charge on any atom is -0.266 e. The number of aromatic nitrogens is 3. The van der Waals surface area contributed by atoms with E-state index >= 15 is 0 Å². The highest BCUT2D eigenvalue weighted by atomic mass is 32.2. The van der Waals surface area contributed by atoms with Gasteiger partial charge in [0.15, 0.2) is 0 Å². The number of hydrogen-bond donors (Lipinski definition) is 1. The molecule has 0 saturated carbocycles. The molecule has 0 fully saturated rings. The third-order valence-corrected chi connectivity index (χ3v) is 4.23. The van der Waals surface area contributed by atoms with Gasteiger partial charge in [-0.1, -0.05) is 6.92 Å². The van der Waals surface area contributed by atoms with E-state index in [0.717, 1.165) is 23.0 Å². The molecule has 2 heterocycles. The highest BCUT2D eigenvalue weighted by Gasteiger charge is 2.15. The smallest absolute Gasteiger partial charge is 0.0917 e. The number of aryl methyl sites for hydroxylation is 1. The lowest BCUT2D eigenvalue weighted by Crippen LogP contribution is -2.20. The number of hydrogen-bond acceptors (Lipinski definition) is 3. The fourth-order valence-corrected chi connectivity index (χ4v) is 2.53. The molecule has 0 spiro atoms. The Hall–Kier alpha value is -1.27. The van der Waals surface area contributed by atoms with Gasteiger partial charge < -0.3 is 0 Å². The monoisotopic (exact) mass is 266 g/mol. The summed E-state index contributed by atoms with van der Waals surface area (Å²) in [6, 6.07) is 2.04. The first-order valence-electron chi connectivity index (χ1n) is 5.91. The largest absolute Gasteiger partial charge is 0.266 e. The van der Waals surface area contributed by atoms with E-state index in [1.54, 1.807) is 4.68 Å². The van der Waals surface area contributed by atoms with Crippen LogP contribution in [-0.4, -0.2) is 24.2 Å². The van der Waals surface area contributed by atoms with E-state index in [1.807, 2.05) is 32.4 Å². The van der Waals surface area contributed by atoms with Crippen LogP contribution in [0.2, 0.25) is 0 Å². The summed E-state index contributed by atoms with van der Waals surface area (Å²) < 4.78 is 13.0. The van der Waals surface area contributed by atoms with Crippen molar-refractivity contribution in [2.45, 2.75) is 31.4 Å². The molecule has 2 N–H and O–H groups in total. The molecule has 0 bridgehead atoms. The Morgan fingerprint density at radius 2 is 2.17 bits per heavy atom. The van der Waals surface area contributed by atoms with E-state index in [4.69, 9.17) is 5.14 Å². The highest BCUT2D eigenvalue weighted by molar-refractivity contribution is 7.83. The van der Waals surface area contributed by atoms with Crippen LogP contribution in [0.3, 0.4) is 0 Å². The summed E-state index contributed by atoms with van der Waals surface area (Å²) in [6.45, 7) is 3.98. The second kappa shape index (κ2) is 5.16. The first kappa shape index (κ1) is 13.2. The summed E-state index contributed by atoms with van der Waals surface area (Å²) in [4.78, 5) is 4.45. The van der Waals surface area contributed by atoms with E-state index in [-0.39, 0.29) is 11.2 Å². The molecule has 2 aromatic rings. The maximum Gasteiger partial charge on any atom is 0.0917 e. The fourth-order valence-electron chi connectivity index (χ4n) is 2.05. The van der Waals surface area contributed by atoms with Crippen molar-refractivity contribution in [3.63, 3.8) is 0 Å². The Labute approximate surface area is 109 Å². The van der Waals surface area contributed by atoms with Crippen molar-refractivity contribution in [3.8, 4) is 0 Å². The van der Waals surface area contributed by atoms with Crippen molar-refractivity contribution in [2.24, 2.45) is 12.2 Å². The molecule has 0 aliphatic rings. The molecule has 0 aliphatic heterocycles. The Kier molecular flexibility index (Phi) is 3.77. The van der Waals surface area contributed by atoms with Crippen LogP contribution in [0.15, 0.2) is 18.5 Å². The van der Waals surface area contributed by atoms with Gasteiger partial charge in [0.1, 0.15) is 0 Å². The Bertz CT molecular complexity index is 580. The van der Waals surface area contributed by atoms with Gasteiger partial charge in [-0.2, -0.15) is 5.10 Å². The van der Waals surface area contributed by atoms with Crippen LogP contribution < -0.4 is 5.14 Å². The Morgan fingerprint density at radius 1 is 1.44 bits per heavy atom. The molecule has 5 nitrogen and oxygen atoms in total. The molecule has 0 aliphatic carbocycles. The summed E-state index contributed by atoms with van der Waals surface area (Å²) in [7, 11) is 0.624. The van der Waals surface area contributed by atoms with Crippen LogP contribution in [0.1, 0.15) is 31.9 Å². The van der Waals surface area contributed by atoms with Gasteiger partial charge in [0.25, 0.3) is 0 Å². The van der Waals surface area contributed by atoms with Crippen molar-refractivity contribution < 1.29 is 4.21 Å². The third-order valence-electron chi connectivity index (χ3n) is 3.24. The van der Waals surface area contributed by atoms with E-state index in [0.29, 0.717) is 0 Å². The predicted octanol–water partition coefficient (Wildman–Crippen LogP) is 1.47. The van der Waals surface area contributed by atoms with Crippen LogP contribution in [-0.2, 0) is 18.0 Å². The van der Waals surface area contributed by atoms with Crippen LogP contribution in [0.4, 0.5) is 0 Å². The van der Waals surface area contributed by atoms with E-state index in [9.17, 15) is 4.21 Å². The van der Waals surface area contributed by atoms with Gasteiger partial charge in [-0.05, 0) is 25.3 Å². The van der Waals surface area contributed by atoms with Gasteiger partial charge in [-0.3, -0.25) is 14.8 Å². The van der Waals surface area contributed by atoms with Gasteiger partial charge >= 0.3 is 0 Å². The normalized spacial score (nSPS) is 16.7. The molecular weight excluding hydrogens is 248 g/mol. The van der Waals surface area contributed by atoms with Gasteiger partial charge in [0, 0.05) is 23.4 Å². The van der Waals surface area contributed by atoms with Crippen LogP contribution in [0, 0.1) is 0 Å². The van der Waals surface area contributed by atoms with Crippen LogP contribution in [0.5, 0.6) is 0 Å². The molecule has 98 valence electrons. The number of nitrogens with zero attached hydrogens (tertiary/aromatic N) is 3. The Morgan fingerprint density at radius 3 is 2.83 bits per heavy atom. The molecule has 2 rings (SSSR count). The SMILES string of the molecule is CC(C[C@@H](C)c1cc2cnn(C)c2cn1)S(N)=O. The lowest BCUT2D eigenvalue weighted by molar-refractivity contribution is 0.627. The van der Waals surface area contributed by atoms with E-state index in [2.05, 4.69) is 17.0 Å². The number of nitrogens with two attached hydrogens (primary N) is 1. The van der Waals surface area contributed by atoms with Crippen LogP contribution in [0.25, 0.3) is 10.9 Å². The predicted molar refractivity (Wildman–Crippen MR) is 73.3 cm³/mol. The topological polar surface area (TPSA) is 73.8 Å². The van der Waals surface area contributed by atoms with Gasteiger partial charge in [0.2, 0.25) is 0 Å². The second-order valence-corrected chi connectivity index (χ2v) is 6.17. The van der Waals surface area contributed by atoms with Crippen molar-refractivity contribution in [1.29, 1.82) is 0 Å². The Balaban J connectivity index is 2.22. The molecule has 0 aromatic carbocycles. The van der Waals surface area contributed by atoms with Crippen molar-refractivity contribution in [3.05, 3.63) is 24.2 Å². The lowest BCUT2D eigenvalue weighted by atomic mass is 10.0. The standard InChI is InChI=1S/C12H18N4OS/c1-8(4-9(2)18(13)17)11-5-10-6-15-16(3)12(10)7-14-11/h5-9H,4,13H2,1-3H3/t8-,9?,18?/m1/s1. The molecule has 0 saturated heterocycles. The zero-order valence-corrected chi connectivity index (χ0v) is 11.6. The molecule has 2 aromatic heterocycles. The van der Waals surface area contributed by atoms with E-state index in [1.165, 1.54) is 0 Å². The molecule has 18 heavy (non-hydrogen) atoms. The zero-order valence-electron chi connectivity index (χ0n) is 10.8. The summed E-state index contributed by atoms with van der Waals surface area (Å²) in [5.74, 6) is 0.233. The second-order valence-electron chi connectivity index (χ2n) is 4.71. The third kappa shape index (κ3) is 2.59. The average molecular weight is 266 g/mol. The fraction of sp³-hybridized carbons (Fsp3) is 0.500. The maximum atomic E-state index is 11.2. The molecule has 6 heteroatoms. The summed E-state index contributed by atoms with van der Waals surface area (Å²) in [5.41, 5.74) is 2.01.